The van der Waals surface area contributed by atoms with Gasteiger partial charge in [-0.15, -0.1) is 0 Å². The molecule has 0 saturated heterocycles. The fraction of sp³-hybridized carbons (Fsp3) is 1.00. The van der Waals surface area contributed by atoms with Gasteiger partial charge in [0.2, 0.25) is 0 Å². The maximum atomic E-state index is 5.58. The molecular weight excluding hydrogens is 187 g/mol. The summed E-state index contributed by atoms with van der Waals surface area (Å²) in [5.74, 6) is 1.76. The van der Waals surface area contributed by atoms with Crippen LogP contribution >= 0.6 is 15.9 Å². The van der Waals surface area contributed by atoms with E-state index in [1.54, 1.807) is 0 Å². The van der Waals surface area contributed by atoms with Crippen molar-refractivity contribution in [3.63, 3.8) is 0 Å². The molecule has 10 heavy (non-hydrogen) atoms. The summed E-state index contributed by atoms with van der Waals surface area (Å²) in [4.78, 5) is 0. The molecule has 0 unspecified atom stereocenters. The third-order valence-electron chi connectivity index (χ3n) is 2.52. The molecule has 0 bridgehead atoms. The van der Waals surface area contributed by atoms with Crippen LogP contribution in [0.5, 0.6) is 0 Å². The fourth-order valence-corrected chi connectivity index (χ4v) is 2.27. The van der Waals surface area contributed by atoms with Gasteiger partial charge in [0, 0.05) is 5.33 Å². The van der Waals surface area contributed by atoms with E-state index in [4.69, 9.17) is 7.85 Å². The molecule has 1 rings (SSSR count). The molecule has 1 aliphatic carbocycles. The molecule has 56 valence electrons. The average Bonchev–Trinajstić information content (AvgIpc) is 2.05. The molecule has 0 aromatic carbocycles. The second-order valence-corrected chi connectivity index (χ2v) is 3.92. The predicted molar refractivity (Wildman–Crippen MR) is 49.8 cm³/mol. The Morgan fingerprint density at radius 1 is 1.10 bits per heavy atom. The molecule has 0 amide bonds. The third-order valence-corrected chi connectivity index (χ3v) is 3.43. The first-order valence-electron chi connectivity index (χ1n) is 4.12. The lowest BCUT2D eigenvalue weighted by atomic mass is 9.77. The van der Waals surface area contributed by atoms with E-state index in [1.165, 1.54) is 31.0 Å². The number of alkyl halides is 1. The molecule has 0 aliphatic heterocycles. The lowest BCUT2D eigenvalue weighted by Gasteiger charge is -2.26. The van der Waals surface area contributed by atoms with Crippen LogP contribution in [-0.2, 0) is 0 Å². The summed E-state index contributed by atoms with van der Waals surface area (Å²) in [7, 11) is 5.58. The van der Waals surface area contributed by atoms with Crippen molar-refractivity contribution in [3.8, 4) is 0 Å². The van der Waals surface area contributed by atoms with Crippen LogP contribution in [0.2, 0.25) is 6.32 Å². The minimum Gasteiger partial charge on any atom is -0.0925 e. The van der Waals surface area contributed by atoms with Crippen LogP contribution in [0.4, 0.5) is 0 Å². The highest BCUT2D eigenvalue weighted by molar-refractivity contribution is 9.09. The van der Waals surface area contributed by atoms with Crippen LogP contribution in [0.3, 0.4) is 0 Å². The van der Waals surface area contributed by atoms with Gasteiger partial charge in [-0.2, -0.15) is 0 Å². The second kappa shape index (κ2) is 4.43. The Kier molecular flexibility index (Phi) is 3.83. The summed E-state index contributed by atoms with van der Waals surface area (Å²) in [5, 5.41) is 1.18. The molecule has 1 fully saturated rings. The predicted octanol–water partition coefficient (Wildman–Crippen LogP) is 2.77. The molecule has 0 heterocycles. The standard InChI is InChI=1S/C8H14BBr/c9-5-7-1-3-8(6-10)4-2-7/h7-8H,1-6H2. The highest BCUT2D eigenvalue weighted by atomic mass is 79.9. The Bertz CT molecular complexity index is 75.3. The summed E-state index contributed by atoms with van der Waals surface area (Å²) in [6.45, 7) is 0. The zero-order chi connectivity index (χ0) is 7.40. The van der Waals surface area contributed by atoms with Crippen LogP contribution in [0.15, 0.2) is 0 Å². The number of hydrogen-bond donors (Lipinski definition) is 0. The van der Waals surface area contributed by atoms with Gasteiger partial charge in [0.05, 0.1) is 7.85 Å². The van der Waals surface area contributed by atoms with E-state index in [0.29, 0.717) is 0 Å². The van der Waals surface area contributed by atoms with Crippen molar-refractivity contribution >= 4 is 23.8 Å². The van der Waals surface area contributed by atoms with E-state index < -0.39 is 0 Å². The summed E-state index contributed by atoms with van der Waals surface area (Å²) in [6, 6.07) is 0. The van der Waals surface area contributed by atoms with Crippen LogP contribution in [0.25, 0.3) is 0 Å². The van der Waals surface area contributed by atoms with Gasteiger partial charge < -0.3 is 0 Å². The first-order valence-corrected chi connectivity index (χ1v) is 5.25. The highest BCUT2D eigenvalue weighted by Gasteiger charge is 2.18. The van der Waals surface area contributed by atoms with Gasteiger partial charge in [-0.3, -0.25) is 0 Å². The largest absolute Gasteiger partial charge is 0.0925 e. The van der Waals surface area contributed by atoms with E-state index >= 15 is 0 Å². The molecule has 0 spiro atoms. The molecule has 0 aromatic rings. The molecular formula is C8H14BBr. The SMILES string of the molecule is [B]CC1CCC(CBr)CC1. The third kappa shape index (κ3) is 2.30. The van der Waals surface area contributed by atoms with Crippen molar-refractivity contribution in [3.05, 3.63) is 0 Å². The topological polar surface area (TPSA) is 0 Å². The summed E-state index contributed by atoms with van der Waals surface area (Å²) in [6.07, 6.45) is 6.37. The molecule has 1 saturated carbocycles. The molecule has 1 aliphatic rings. The van der Waals surface area contributed by atoms with Crippen molar-refractivity contribution in [1.82, 2.24) is 0 Å². The number of halogens is 1. The van der Waals surface area contributed by atoms with Crippen molar-refractivity contribution in [1.29, 1.82) is 0 Å². The highest BCUT2D eigenvalue weighted by Crippen LogP contribution is 2.30. The van der Waals surface area contributed by atoms with Crippen molar-refractivity contribution in [2.24, 2.45) is 11.8 Å². The summed E-state index contributed by atoms with van der Waals surface area (Å²) >= 11 is 3.52. The molecule has 0 nitrogen and oxygen atoms in total. The summed E-state index contributed by atoms with van der Waals surface area (Å²) < 4.78 is 0. The second-order valence-electron chi connectivity index (χ2n) is 3.28. The minimum absolute atomic E-state index is 0.829. The first kappa shape index (κ1) is 8.64. The van der Waals surface area contributed by atoms with Crippen LogP contribution in [-0.4, -0.2) is 13.2 Å². The maximum Gasteiger partial charge on any atom is 0.0656 e. The van der Waals surface area contributed by atoms with E-state index in [0.717, 1.165) is 18.2 Å². The monoisotopic (exact) mass is 200 g/mol. The Balaban J connectivity index is 2.17. The fourth-order valence-electron chi connectivity index (χ4n) is 1.62. The zero-order valence-electron chi connectivity index (χ0n) is 6.35. The van der Waals surface area contributed by atoms with Gasteiger partial charge >= 0.3 is 0 Å². The van der Waals surface area contributed by atoms with Gasteiger partial charge in [-0.1, -0.05) is 35.1 Å². The van der Waals surface area contributed by atoms with Crippen LogP contribution in [0, 0.1) is 11.8 Å². The van der Waals surface area contributed by atoms with Gasteiger partial charge in [0.15, 0.2) is 0 Å². The Morgan fingerprint density at radius 3 is 2.00 bits per heavy atom. The lowest BCUT2D eigenvalue weighted by molar-refractivity contribution is 0.313. The van der Waals surface area contributed by atoms with E-state index in [2.05, 4.69) is 15.9 Å². The molecule has 0 atom stereocenters. The Morgan fingerprint density at radius 2 is 1.60 bits per heavy atom. The smallest absolute Gasteiger partial charge is 0.0656 e. The zero-order valence-corrected chi connectivity index (χ0v) is 7.94. The number of hydrogen-bond acceptors (Lipinski definition) is 0. The first-order chi connectivity index (χ1) is 4.86. The van der Waals surface area contributed by atoms with Gasteiger partial charge in [-0.05, 0) is 24.7 Å². The maximum absolute atomic E-state index is 5.58. The quantitative estimate of drug-likeness (QED) is 0.475. The molecule has 0 N–H and O–H groups in total. The van der Waals surface area contributed by atoms with E-state index in [9.17, 15) is 0 Å². The van der Waals surface area contributed by atoms with Crippen molar-refractivity contribution in [2.45, 2.75) is 32.0 Å². The minimum atomic E-state index is 0.829. The van der Waals surface area contributed by atoms with Crippen molar-refractivity contribution in [2.75, 3.05) is 5.33 Å². The van der Waals surface area contributed by atoms with Crippen LogP contribution < -0.4 is 0 Å². The number of rotatable bonds is 2. The average molecular weight is 201 g/mol. The molecule has 2 radical (unpaired) electrons. The van der Waals surface area contributed by atoms with E-state index in [-0.39, 0.29) is 0 Å². The Labute approximate surface area is 73.3 Å². The Hall–Kier alpha value is 0.545. The molecule has 2 heteroatoms. The normalized spacial score (nSPS) is 34.1. The van der Waals surface area contributed by atoms with Gasteiger partial charge in [0.25, 0.3) is 0 Å². The lowest BCUT2D eigenvalue weighted by Crippen LogP contribution is -2.14. The molecule has 0 aromatic heterocycles. The summed E-state index contributed by atoms with van der Waals surface area (Å²) in [5.41, 5.74) is 0. The van der Waals surface area contributed by atoms with E-state index in [1.807, 2.05) is 0 Å². The van der Waals surface area contributed by atoms with Crippen molar-refractivity contribution < 1.29 is 0 Å². The van der Waals surface area contributed by atoms with Gasteiger partial charge in [0.1, 0.15) is 0 Å². The van der Waals surface area contributed by atoms with Crippen LogP contribution in [0.1, 0.15) is 25.7 Å². The van der Waals surface area contributed by atoms with Gasteiger partial charge in [-0.25, -0.2) is 0 Å².